The lowest BCUT2D eigenvalue weighted by molar-refractivity contribution is -0.0570. The standard InChI is InChI=1S/C19H25NO3/c1-12-6-5-7-13-10-15(23-17(12)13)18(21)20-14-8-9-22-16(11-14)19(2,3)4/h5-7,10,14,16H,8-9,11H2,1-4H3,(H,20,21)/t14-,16+/m0/s1. The van der Waals surface area contributed by atoms with E-state index < -0.39 is 0 Å². The van der Waals surface area contributed by atoms with Crippen molar-refractivity contribution < 1.29 is 13.9 Å². The molecule has 1 aliphatic rings. The topological polar surface area (TPSA) is 51.5 Å². The van der Waals surface area contributed by atoms with Crippen LogP contribution in [0.4, 0.5) is 0 Å². The maximum absolute atomic E-state index is 12.5. The van der Waals surface area contributed by atoms with Crippen LogP contribution in [0.5, 0.6) is 0 Å². The zero-order chi connectivity index (χ0) is 16.6. The monoisotopic (exact) mass is 315 g/mol. The Morgan fingerprint density at radius 1 is 1.30 bits per heavy atom. The van der Waals surface area contributed by atoms with Crippen LogP contribution >= 0.6 is 0 Å². The molecule has 1 amide bonds. The highest BCUT2D eigenvalue weighted by Crippen LogP contribution is 2.30. The number of benzene rings is 1. The third-order valence-electron chi connectivity index (χ3n) is 4.55. The van der Waals surface area contributed by atoms with Gasteiger partial charge in [0.05, 0.1) is 6.10 Å². The molecule has 0 bridgehead atoms. The van der Waals surface area contributed by atoms with E-state index in [1.807, 2.05) is 31.2 Å². The average Bonchev–Trinajstić information content (AvgIpc) is 2.92. The van der Waals surface area contributed by atoms with E-state index >= 15 is 0 Å². The van der Waals surface area contributed by atoms with Crippen molar-refractivity contribution in [2.45, 2.75) is 52.7 Å². The number of nitrogens with one attached hydrogen (secondary N) is 1. The zero-order valence-corrected chi connectivity index (χ0v) is 14.3. The van der Waals surface area contributed by atoms with Crippen molar-refractivity contribution in [1.82, 2.24) is 5.32 Å². The van der Waals surface area contributed by atoms with Gasteiger partial charge in [0.1, 0.15) is 5.58 Å². The Balaban J connectivity index is 1.72. The molecule has 1 aliphatic heterocycles. The maximum atomic E-state index is 12.5. The Morgan fingerprint density at radius 3 is 2.78 bits per heavy atom. The summed E-state index contributed by atoms with van der Waals surface area (Å²) in [5, 5.41) is 4.07. The molecule has 1 fully saturated rings. The first-order valence-corrected chi connectivity index (χ1v) is 8.26. The van der Waals surface area contributed by atoms with Gasteiger partial charge >= 0.3 is 0 Å². The molecular weight excluding hydrogens is 290 g/mol. The number of furan rings is 1. The number of ether oxygens (including phenoxy) is 1. The summed E-state index contributed by atoms with van der Waals surface area (Å²) in [6.45, 7) is 9.18. The van der Waals surface area contributed by atoms with E-state index in [1.165, 1.54) is 0 Å². The predicted molar refractivity (Wildman–Crippen MR) is 90.6 cm³/mol. The summed E-state index contributed by atoms with van der Waals surface area (Å²) in [7, 11) is 0. The van der Waals surface area contributed by atoms with Gasteiger partial charge in [0.25, 0.3) is 5.91 Å². The Morgan fingerprint density at radius 2 is 2.09 bits per heavy atom. The molecule has 0 radical (unpaired) electrons. The molecule has 23 heavy (non-hydrogen) atoms. The summed E-state index contributed by atoms with van der Waals surface area (Å²) >= 11 is 0. The number of rotatable bonds is 2. The van der Waals surface area contributed by atoms with Gasteiger partial charge in [-0.1, -0.05) is 39.0 Å². The summed E-state index contributed by atoms with van der Waals surface area (Å²) in [5.74, 6) is 0.244. The fourth-order valence-corrected chi connectivity index (χ4v) is 3.11. The normalized spacial score (nSPS) is 22.3. The highest BCUT2D eigenvalue weighted by molar-refractivity contribution is 5.96. The molecule has 0 unspecified atom stereocenters. The zero-order valence-electron chi connectivity index (χ0n) is 14.3. The minimum atomic E-state index is -0.139. The van der Waals surface area contributed by atoms with Crippen LogP contribution in [-0.2, 0) is 4.74 Å². The first-order chi connectivity index (χ1) is 10.8. The highest BCUT2D eigenvalue weighted by Gasteiger charge is 2.32. The molecule has 4 heteroatoms. The molecule has 124 valence electrons. The molecular formula is C19H25NO3. The smallest absolute Gasteiger partial charge is 0.287 e. The lowest BCUT2D eigenvalue weighted by Gasteiger charge is -2.37. The first-order valence-electron chi connectivity index (χ1n) is 8.26. The van der Waals surface area contributed by atoms with Crippen LogP contribution in [0.1, 0.15) is 49.7 Å². The third-order valence-corrected chi connectivity index (χ3v) is 4.55. The van der Waals surface area contributed by atoms with Crippen LogP contribution in [0.25, 0.3) is 11.0 Å². The molecule has 0 spiro atoms. The first kappa shape index (κ1) is 16.1. The number of hydrogen-bond acceptors (Lipinski definition) is 3. The van der Waals surface area contributed by atoms with Crippen molar-refractivity contribution >= 4 is 16.9 Å². The molecule has 1 saturated heterocycles. The fourth-order valence-electron chi connectivity index (χ4n) is 3.11. The summed E-state index contributed by atoms with van der Waals surface area (Å²) < 4.78 is 11.6. The number of amides is 1. The molecule has 1 aromatic carbocycles. The second-order valence-electron chi connectivity index (χ2n) is 7.52. The molecule has 2 aromatic rings. The predicted octanol–water partition coefficient (Wildman–Crippen LogP) is 4.06. The quantitative estimate of drug-likeness (QED) is 0.909. The summed E-state index contributed by atoms with van der Waals surface area (Å²) in [4.78, 5) is 12.5. The second kappa shape index (κ2) is 6.00. The van der Waals surface area contributed by atoms with Crippen molar-refractivity contribution in [1.29, 1.82) is 0 Å². The molecule has 2 atom stereocenters. The average molecular weight is 315 g/mol. The Hall–Kier alpha value is -1.81. The Bertz CT molecular complexity index is 711. The molecule has 1 aromatic heterocycles. The molecule has 1 N–H and O–H groups in total. The fraction of sp³-hybridized carbons (Fsp3) is 0.526. The van der Waals surface area contributed by atoms with Crippen LogP contribution in [-0.4, -0.2) is 24.7 Å². The molecule has 0 aliphatic carbocycles. The summed E-state index contributed by atoms with van der Waals surface area (Å²) in [5.41, 5.74) is 1.91. The van der Waals surface area contributed by atoms with Gasteiger partial charge in [0.2, 0.25) is 0 Å². The van der Waals surface area contributed by atoms with E-state index in [-0.39, 0.29) is 23.5 Å². The maximum Gasteiger partial charge on any atom is 0.287 e. The van der Waals surface area contributed by atoms with E-state index in [2.05, 4.69) is 26.1 Å². The van der Waals surface area contributed by atoms with Crippen molar-refractivity contribution in [3.05, 3.63) is 35.6 Å². The number of aryl methyl sites for hydroxylation is 1. The van der Waals surface area contributed by atoms with Crippen LogP contribution in [0.15, 0.2) is 28.7 Å². The Kier molecular flexibility index (Phi) is 4.19. The minimum Gasteiger partial charge on any atom is -0.451 e. The van der Waals surface area contributed by atoms with E-state index in [0.29, 0.717) is 12.4 Å². The lowest BCUT2D eigenvalue weighted by Crippen LogP contribution is -2.45. The van der Waals surface area contributed by atoms with Gasteiger partial charge in [-0.2, -0.15) is 0 Å². The van der Waals surface area contributed by atoms with Crippen molar-refractivity contribution in [2.75, 3.05) is 6.61 Å². The number of carbonyl (C=O) groups is 1. The number of para-hydroxylation sites is 1. The Labute approximate surface area is 137 Å². The van der Waals surface area contributed by atoms with E-state index in [4.69, 9.17) is 9.15 Å². The lowest BCUT2D eigenvalue weighted by atomic mass is 9.83. The van der Waals surface area contributed by atoms with Crippen LogP contribution in [0.3, 0.4) is 0 Å². The highest BCUT2D eigenvalue weighted by atomic mass is 16.5. The van der Waals surface area contributed by atoms with Gasteiger partial charge in [-0.15, -0.1) is 0 Å². The third kappa shape index (κ3) is 3.42. The van der Waals surface area contributed by atoms with Crippen LogP contribution in [0.2, 0.25) is 0 Å². The summed E-state index contributed by atoms with van der Waals surface area (Å²) in [6, 6.07) is 7.88. The van der Waals surface area contributed by atoms with Gasteiger partial charge < -0.3 is 14.5 Å². The summed E-state index contributed by atoms with van der Waals surface area (Å²) in [6.07, 6.45) is 1.85. The van der Waals surface area contributed by atoms with Gasteiger partial charge in [0.15, 0.2) is 5.76 Å². The van der Waals surface area contributed by atoms with Gasteiger partial charge in [-0.25, -0.2) is 0 Å². The molecule has 2 heterocycles. The molecule has 0 saturated carbocycles. The van der Waals surface area contributed by atoms with E-state index in [0.717, 1.165) is 29.4 Å². The SMILES string of the molecule is Cc1cccc2cc(C(=O)N[C@H]3CCO[C@@H](C(C)(C)C)C3)oc12. The van der Waals surface area contributed by atoms with E-state index in [1.54, 1.807) is 0 Å². The van der Waals surface area contributed by atoms with Crippen molar-refractivity contribution in [3.8, 4) is 0 Å². The van der Waals surface area contributed by atoms with E-state index in [9.17, 15) is 4.79 Å². The largest absolute Gasteiger partial charge is 0.451 e. The van der Waals surface area contributed by atoms with Gasteiger partial charge in [-0.3, -0.25) is 4.79 Å². The number of fused-ring (bicyclic) bond motifs is 1. The van der Waals surface area contributed by atoms with Crippen molar-refractivity contribution in [3.63, 3.8) is 0 Å². The van der Waals surface area contributed by atoms with Crippen molar-refractivity contribution in [2.24, 2.45) is 5.41 Å². The second-order valence-corrected chi connectivity index (χ2v) is 7.52. The minimum absolute atomic E-state index is 0.0832. The van der Waals surface area contributed by atoms with Gasteiger partial charge in [0, 0.05) is 18.0 Å². The van der Waals surface area contributed by atoms with Gasteiger partial charge in [-0.05, 0) is 36.8 Å². The van der Waals surface area contributed by atoms with Crippen LogP contribution in [0, 0.1) is 12.3 Å². The molecule has 4 nitrogen and oxygen atoms in total. The van der Waals surface area contributed by atoms with Crippen LogP contribution < -0.4 is 5.32 Å². The number of carbonyl (C=O) groups excluding carboxylic acids is 1. The number of hydrogen-bond donors (Lipinski definition) is 1. The molecule has 3 rings (SSSR count).